The third-order valence-electron chi connectivity index (χ3n) is 5.15. The minimum absolute atomic E-state index is 0.0940. The first-order chi connectivity index (χ1) is 14.9. The first kappa shape index (κ1) is 22.2. The number of hydrogen-bond acceptors (Lipinski definition) is 4. The third kappa shape index (κ3) is 6.77. The summed E-state index contributed by atoms with van der Waals surface area (Å²) in [5.41, 5.74) is 1.77. The van der Waals surface area contributed by atoms with Gasteiger partial charge in [0.25, 0.3) is 0 Å². The number of pyridine rings is 1. The van der Waals surface area contributed by atoms with Crippen LogP contribution in [-0.4, -0.2) is 47.4 Å². The van der Waals surface area contributed by atoms with E-state index in [2.05, 4.69) is 20.9 Å². The van der Waals surface area contributed by atoms with E-state index in [9.17, 15) is 18.8 Å². The molecule has 8 nitrogen and oxygen atoms in total. The van der Waals surface area contributed by atoms with E-state index in [1.807, 2.05) is 19.1 Å². The van der Waals surface area contributed by atoms with Crippen molar-refractivity contribution in [3.05, 3.63) is 59.5 Å². The lowest BCUT2D eigenvalue weighted by Crippen LogP contribution is -2.47. The number of carbonyl (C=O) groups excluding carboxylic acids is 3. The van der Waals surface area contributed by atoms with E-state index in [0.717, 1.165) is 11.1 Å². The standard InChI is InChI=1S/C22H26FN5O3/c1-15-6-9-24-19(12-15)27-21(30)17-7-10-28(11-8-17)20(29)14-26-22(31)25-13-16-2-4-18(23)5-3-16/h2-6,9,12,17H,7-8,10-11,13-14H2,1H3,(H,24,27,30)(H2,25,26,31). The van der Waals surface area contributed by atoms with Crippen LogP contribution in [0.1, 0.15) is 24.0 Å². The lowest BCUT2D eigenvalue weighted by molar-refractivity contribution is -0.133. The van der Waals surface area contributed by atoms with Crippen LogP contribution in [0.15, 0.2) is 42.6 Å². The summed E-state index contributed by atoms with van der Waals surface area (Å²) in [6, 6.07) is 8.99. The fraction of sp³-hybridized carbons (Fsp3) is 0.364. The van der Waals surface area contributed by atoms with E-state index >= 15 is 0 Å². The zero-order chi connectivity index (χ0) is 22.2. The van der Waals surface area contributed by atoms with Crippen LogP contribution in [0.3, 0.4) is 0 Å². The number of likely N-dealkylation sites (tertiary alicyclic amines) is 1. The molecule has 1 fully saturated rings. The molecule has 1 aliphatic rings. The van der Waals surface area contributed by atoms with Crippen LogP contribution < -0.4 is 16.0 Å². The molecular weight excluding hydrogens is 401 g/mol. The monoisotopic (exact) mass is 427 g/mol. The molecule has 0 atom stereocenters. The predicted molar refractivity (Wildman–Crippen MR) is 114 cm³/mol. The lowest BCUT2D eigenvalue weighted by Gasteiger charge is -2.31. The number of rotatable bonds is 6. The summed E-state index contributed by atoms with van der Waals surface area (Å²) < 4.78 is 12.9. The first-order valence-corrected chi connectivity index (χ1v) is 10.2. The Kier molecular flexibility index (Phi) is 7.53. The zero-order valence-electron chi connectivity index (χ0n) is 17.4. The Labute approximate surface area is 180 Å². The number of urea groups is 1. The minimum Gasteiger partial charge on any atom is -0.341 e. The van der Waals surface area contributed by atoms with E-state index in [1.54, 1.807) is 23.2 Å². The molecule has 0 aliphatic carbocycles. The van der Waals surface area contributed by atoms with Gasteiger partial charge < -0.3 is 20.9 Å². The highest BCUT2D eigenvalue weighted by molar-refractivity contribution is 5.92. The van der Waals surface area contributed by atoms with Crippen molar-refractivity contribution >= 4 is 23.7 Å². The molecule has 0 unspecified atom stereocenters. The molecule has 1 aromatic carbocycles. The number of aryl methyl sites for hydroxylation is 1. The van der Waals surface area contributed by atoms with Crippen molar-refractivity contribution in [2.45, 2.75) is 26.3 Å². The number of anilines is 1. The molecule has 4 amide bonds. The zero-order valence-corrected chi connectivity index (χ0v) is 17.4. The van der Waals surface area contributed by atoms with Crippen molar-refractivity contribution in [3.63, 3.8) is 0 Å². The van der Waals surface area contributed by atoms with E-state index in [-0.39, 0.29) is 36.6 Å². The molecule has 2 aromatic rings. The second-order valence-electron chi connectivity index (χ2n) is 7.53. The molecule has 3 rings (SSSR count). The van der Waals surface area contributed by atoms with Gasteiger partial charge >= 0.3 is 6.03 Å². The molecule has 1 aromatic heterocycles. The van der Waals surface area contributed by atoms with E-state index in [4.69, 9.17) is 0 Å². The first-order valence-electron chi connectivity index (χ1n) is 10.2. The van der Waals surface area contributed by atoms with E-state index in [1.165, 1.54) is 12.1 Å². The topological polar surface area (TPSA) is 103 Å². The summed E-state index contributed by atoms with van der Waals surface area (Å²) in [5, 5.41) is 7.98. The van der Waals surface area contributed by atoms with Gasteiger partial charge in [0.2, 0.25) is 11.8 Å². The summed E-state index contributed by atoms with van der Waals surface area (Å²) in [4.78, 5) is 42.5. The fourth-order valence-electron chi connectivity index (χ4n) is 3.34. The predicted octanol–water partition coefficient (Wildman–Crippen LogP) is 2.21. The van der Waals surface area contributed by atoms with Gasteiger partial charge in [-0.2, -0.15) is 0 Å². The summed E-state index contributed by atoms with van der Waals surface area (Å²) in [6.07, 6.45) is 2.76. The van der Waals surface area contributed by atoms with Gasteiger partial charge in [-0.25, -0.2) is 14.2 Å². The number of piperidine rings is 1. The normalized spacial score (nSPS) is 14.1. The van der Waals surface area contributed by atoms with Crippen molar-refractivity contribution in [2.24, 2.45) is 5.92 Å². The maximum atomic E-state index is 12.9. The van der Waals surface area contributed by atoms with Crippen LogP contribution in [-0.2, 0) is 16.1 Å². The number of nitrogens with one attached hydrogen (secondary N) is 3. The maximum Gasteiger partial charge on any atom is 0.315 e. The minimum atomic E-state index is -0.474. The van der Waals surface area contributed by atoms with Gasteiger partial charge in [-0.15, -0.1) is 0 Å². The summed E-state index contributed by atoms with van der Waals surface area (Å²) >= 11 is 0. The highest BCUT2D eigenvalue weighted by Crippen LogP contribution is 2.19. The Morgan fingerprint density at radius 1 is 1.10 bits per heavy atom. The van der Waals surface area contributed by atoms with Crippen LogP contribution in [0.4, 0.5) is 15.0 Å². The summed E-state index contributed by atoms with van der Waals surface area (Å²) in [6.45, 7) is 2.95. The van der Waals surface area contributed by atoms with Crippen molar-refractivity contribution in [3.8, 4) is 0 Å². The average molecular weight is 427 g/mol. The largest absolute Gasteiger partial charge is 0.341 e. The molecular formula is C22H26FN5O3. The molecule has 31 heavy (non-hydrogen) atoms. The second-order valence-corrected chi connectivity index (χ2v) is 7.53. The number of carbonyl (C=O) groups is 3. The van der Waals surface area contributed by atoms with Gasteiger partial charge in [0.05, 0.1) is 6.54 Å². The van der Waals surface area contributed by atoms with Gasteiger partial charge in [0.15, 0.2) is 0 Å². The van der Waals surface area contributed by atoms with E-state index in [0.29, 0.717) is 31.7 Å². The smallest absolute Gasteiger partial charge is 0.315 e. The molecule has 164 valence electrons. The molecule has 0 bridgehead atoms. The number of benzene rings is 1. The molecule has 0 spiro atoms. The maximum absolute atomic E-state index is 12.9. The van der Waals surface area contributed by atoms with Crippen LogP contribution >= 0.6 is 0 Å². The second kappa shape index (κ2) is 10.5. The molecule has 0 saturated carbocycles. The van der Waals surface area contributed by atoms with Gasteiger partial charge in [-0.1, -0.05) is 12.1 Å². The highest BCUT2D eigenvalue weighted by atomic mass is 19.1. The van der Waals surface area contributed by atoms with Gasteiger partial charge in [0, 0.05) is 31.7 Å². The van der Waals surface area contributed by atoms with Crippen LogP contribution in [0.2, 0.25) is 0 Å². The molecule has 0 radical (unpaired) electrons. The third-order valence-corrected chi connectivity index (χ3v) is 5.15. The molecule has 2 heterocycles. The molecule has 3 N–H and O–H groups in total. The summed E-state index contributed by atoms with van der Waals surface area (Å²) in [5.74, 6) is -0.288. The van der Waals surface area contributed by atoms with Crippen LogP contribution in [0, 0.1) is 18.7 Å². The van der Waals surface area contributed by atoms with Crippen molar-refractivity contribution in [1.29, 1.82) is 0 Å². The fourth-order valence-corrected chi connectivity index (χ4v) is 3.34. The Morgan fingerprint density at radius 3 is 2.48 bits per heavy atom. The quantitative estimate of drug-likeness (QED) is 0.658. The Hall–Kier alpha value is -3.49. The Bertz CT molecular complexity index is 927. The lowest BCUT2D eigenvalue weighted by atomic mass is 9.96. The van der Waals surface area contributed by atoms with Crippen LogP contribution in [0.5, 0.6) is 0 Å². The molecule has 9 heteroatoms. The van der Waals surface area contributed by atoms with Gasteiger partial charge in [-0.3, -0.25) is 9.59 Å². The van der Waals surface area contributed by atoms with Crippen LogP contribution in [0.25, 0.3) is 0 Å². The number of halogens is 1. The van der Waals surface area contributed by atoms with Crippen molar-refractivity contribution in [1.82, 2.24) is 20.5 Å². The number of nitrogens with zero attached hydrogens (tertiary/aromatic N) is 2. The van der Waals surface area contributed by atoms with Gasteiger partial charge in [0.1, 0.15) is 11.6 Å². The average Bonchev–Trinajstić information content (AvgIpc) is 2.77. The van der Waals surface area contributed by atoms with Crippen molar-refractivity contribution in [2.75, 3.05) is 25.0 Å². The molecule has 1 aliphatic heterocycles. The van der Waals surface area contributed by atoms with E-state index < -0.39 is 6.03 Å². The number of aromatic nitrogens is 1. The Morgan fingerprint density at radius 2 is 1.81 bits per heavy atom. The summed E-state index contributed by atoms with van der Waals surface area (Å²) in [7, 11) is 0. The van der Waals surface area contributed by atoms with Crippen molar-refractivity contribution < 1.29 is 18.8 Å². The number of amides is 4. The number of hydrogen-bond donors (Lipinski definition) is 3. The highest BCUT2D eigenvalue weighted by Gasteiger charge is 2.27. The Balaban J connectivity index is 1.36. The SMILES string of the molecule is Cc1ccnc(NC(=O)C2CCN(C(=O)CNC(=O)NCc3ccc(F)cc3)CC2)c1. The molecule has 1 saturated heterocycles. The van der Waals surface area contributed by atoms with Gasteiger partial charge in [-0.05, 0) is 55.2 Å².